The Balaban J connectivity index is 2.31. The number of ether oxygens (including phenoxy) is 1. The highest BCUT2D eigenvalue weighted by molar-refractivity contribution is 5.72. The van der Waals surface area contributed by atoms with Crippen molar-refractivity contribution in [2.24, 2.45) is 5.92 Å². The highest BCUT2D eigenvalue weighted by Crippen LogP contribution is 2.20. The van der Waals surface area contributed by atoms with Gasteiger partial charge in [-0.15, -0.1) is 0 Å². The van der Waals surface area contributed by atoms with Crippen molar-refractivity contribution >= 4 is 5.97 Å². The number of rotatable bonds is 6. The predicted molar refractivity (Wildman–Crippen MR) is 82.8 cm³/mol. The van der Waals surface area contributed by atoms with Crippen molar-refractivity contribution in [2.75, 3.05) is 26.2 Å². The molecule has 20 heavy (non-hydrogen) atoms. The van der Waals surface area contributed by atoms with Crippen LogP contribution in [0.2, 0.25) is 0 Å². The lowest BCUT2D eigenvalue weighted by atomic mass is 9.97. The minimum atomic E-state index is -0.0605. The Labute approximate surface area is 124 Å². The summed E-state index contributed by atoms with van der Waals surface area (Å²) in [5, 5.41) is 3.56. The van der Waals surface area contributed by atoms with E-state index in [9.17, 15) is 4.79 Å². The normalized spacial score (nSPS) is 19.9. The molecular weight excluding hydrogens is 252 g/mol. The first-order chi connectivity index (χ1) is 9.38. The summed E-state index contributed by atoms with van der Waals surface area (Å²) in [6.07, 6.45) is 3.17. The number of likely N-dealkylation sites (tertiary alicyclic amines) is 1. The second-order valence-electron chi connectivity index (χ2n) is 6.70. The monoisotopic (exact) mass is 284 g/mol. The number of hydrogen-bond donors (Lipinski definition) is 1. The van der Waals surface area contributed by atoms with Crippen molar-refractivity contribution in [1.29, 1.82) is 0 Å². The molecular formula is C16H32N2O2. The summed E-state index contributed by atoms with van der Waals surface area (Å²) in [5.74, 6) is -0.0646. The third-order valence-electron chi connectivity index (χ3n) is 4.21. The highest BCUT2D eigenvalue weighted by Gasteiger charge is 2.27. The van der Waals surface area contributed by atoms with Crippen molar-refractivity contribution in [2.45, 2.75) is 65.5 Å². The SMILES string of the molecule is CCOC(=O)C(CC)CNC1CCN(C(C)(C)C)CC1. The van der Waals surface area contributed by atoms with Gasteiger partial charge in [0.05, 0.1) is 12.5 Å². The van der Waals surface area contributed by atoms with Crippen LogP contribution in [0.1, 0.15) is 53.9 Å². The fraction of sp³-hybridized carbons (Fsp3) is 0.938. The maximum Gasteiger partial charge on any atom is 0.310 e. The molecule has 4 heteroatoms. The summed E-state index contributed by atoms with van der Waals surface area (Å²) >= 11 is 0. The van der Waals surface area contributed by atoms with Crippen LogP contribution in [0.15, 0.2) is 0 Å². The Morgan fingerprint density at radius 3 is 2.35 bits per heavy atom. The van der Waals surface area contributed by atoms with Gasteiger partial charge in [0.15, 0.2) is 0 Å². The van der Waals surface area contributed by atoms with Gasteiger partial charge in [0.2, 0.25) is 0 Å². The van der Waals surface area contributed by atoms with Crippen LogP contribution in [0.3, 0.4) is 0 Å². The van der Waals surface area contributed by atoms with Gasteiger partial charge in [0, 0.05) is 31.2 Å². The molecule has 1 N–H and O–H groups in total. The Kier molecular flexibility index (Phi) is 6.96. The largest absolute Gasteiger partial charge is 0.466 e. The van der Waals surface area contributed by atoms with E-state index in [4.69, 9.17) is 4.74 Å². The zero-order chi connectivity index (χ0) is 15.2. The maximum absolute atomic E-state index is 11.8. The number of nitrogens with zero attached hydrogens (tertiary/aromatic N) is 1. The van der Waals surface area contributed by atoms with Gasteiger partial charge < -0.3 is 10.1 Å². The molecule has 1 saturated heterocycles. The zero-order valence-corrected chi connectivity index (χ0v) is 13.9. The van der Waals surface area contributed by atoms with E-state index in [1.807, 2.05) is 13.8 Å². The van der Waals surface area contributed by atoms with Gasteiger partial charge in [-0.2, -0.15) is 0 Å². The molecule has 0 aromatic rings. The minimum absolute atomic E-state index is 0.00408. The van der Waals surface area contributed by atoms with E-state index in [2.05, 4.69) is 31.0 Å². The molecule has 1 fully saturated rings. The van der Waals surface area contributed by atoms with E-state index in [0.717, 1.165) is 38.9 Å². The van der Waals surface area contributed by atoms with Crippen LogP contribution < -0.4 is 5.32 Å². The van der Waals surface area contributed by atoms with Gasteiger partial charge in [0.25, 0.3) is 0 Å². The van der Waals surface area contributed by atoms with Crippen LogP contribution in [0, 0.1) is 5.92 Å². The van der Waals surface area contributed by atoms with Crippen molar-refractivity contribution in [3.05, 3.63) is 0 Å². The van der Waals surface area contributed by atoms with Crippen LogP contribution in [0.25, 0.3) is 0 Å². The molecule has 0 spiro atoms. The molecule has 0 radical (unpaired) electrons. The second kappa shape index (κ2) is 7.99. The summed E-state index contributed by atoms with van der Waals surface area (Å²) in [7, 11) is 0. The standard InChI is InChI=1S/C16H32N2O2/c1-6-13(15(19)20-7-2)12-17-14-8-10-18(11-9-14)16(3,4)5/h13-14,17H,6-12H2,1-5H3. The Hall–Kier alpha value is -0.610. The predicted octanol–water partition coefficient (Wildman–Crippen LogP) is 2.43. The summed E-state index contributed by atoms with van der Waals surface area (Å²) in [6, 6.07) is 0.539. The first-order valence-electron chi connectivity index (χ1n) is 8.03. The molecule has 0 aromatic carbocycles. The van der Waals surface area contributed by atoms with Gasteiger partial charge in [-0.05, 0) is 47.0 Å². The molecule has 1 aliphatic rings. The summed E-state index contributed by atoms with van der Waals surface area (Å²) in [6.45, 7) is 14.2. The number of esters is 1. The van der Waals surface area contributed by atoms with Gasteiger partial charge in [-0.1, -0.05) is 6.92 Å². The first kappa shape index (κ1) is 17.4. The average Bonchev–Trinajstić information content (AvgIpc) is 2.39. The Bertz CT molecular complexity index is 291. The van der Waals surface area contributed by atoms with Gasteiger partial charge in [-0.25, -0.2) is 0 Å². The van der Waals surface area contributed by atoms with Gasteiger partial charge >= 0.3 is 5.97 Å². The quantitative estimate of drug-likeness (QED) is 0.761. The Morgan fingerprint density at radius 2 is 1.90 bits per heavy atom. The van der Waals surface area contributed by atoms with E-state index in [1.54, 1.807) is 0 Å². The molecule has 4 nitrogen and oxygen atoms in total. The van der Waals surface area contributed by atoms with Crippen molar-refractivity contribution in [1.82, 2.24) is 10.2 Å². The van der Waals surface area contributed by atoms with Crippen molar-refractivity contribution in [3.63, 3.8) is 0 Å². The van der Waals surface area contributed by atoms with E-state index < -0.39 is 0 Å². The summed E-state index contributed by atoms with van der Waals surface area (Å²) in [4.78, 5) is 14.3. The zero-order valence-electron chi connectivity index (χ0n) is 13.9. The van der Waals surface area contributed by atoms with E-state index in [0.29, 0.717) is 12.6 Å². The molecule has 0 aliphatic carbocycles. The molecule has 1 unspecified atom stereocenters. The van der Waals surface area contributed by atoms with Crippen molar-refractivity contribution < 1.29 is 9.53 Å². The van der Waals surface area contributed by atoms with Crippen molar-refractivity contribution in [3.8, 4) is 0 Å². The van der Waals surface area contributed by atoms with Gasteiger partial charge in [-0.3, -0.25) is 9.69 Å². The summed E-state index contributed by atoms with van der Waals surface area (Å²) < 4.78 is 5.11. The Morgan fingerprint density at radius 1 is 1.30 bits per heavy atom. The number of nitrogens with one attached hydrogen (secondary N) is 1. The molecule has 0 bridgehead atoms. The van der Waals surface area contributed by atoms with Crippen LogP contribution in [-0.4, -0.2) is 48.7 Å². The first-order valence-corrected chi connectivity index (χ1v) is 8.03. The van der Waals surface area contributed by atoms with Crippen LogP contribution in [-0.2, 0) is 9.53 Å². The maximum atomic E-state index is 11.8. The molecule has 1 atom stereocenters. The third kappa shape index (κ3) is 5.41. The molecule has 0 saturated carbocycles. The lowest BCUT2D eigenvalue weighted by molar-refractivity contribution is -0.148. The van der Waals surface area contributed by atoms with E-state index >= 15 is 0 Å². The number of piperidine rings is 1. The molecule has 118 valence electrons. The molecule has 0 aromatic heterocycles. The third-order valence-corrected chi connectivity index (χ3v) is 4.21. The molecule has 1 rings (SSSR count). The molecule has 1 aliphatic heterocycles. The van der Waals surface area contributed by atoms with Crippen LogP contribution in [0.5, 0.6) is 0 Å². The minimum Gasteiger partial charge on any atom is -0.466 e. The number of carbonyl (C=O) groups is 1. The van der Waals surface area contributed by atoms with Gasteiger partial charge in [0.1, 0.15) is 0 Å². The molecule has 1 heterocycles. The average molecular weight is 284 g/mol. The second-order valence-corrected chi connectivity index (χ2v) is 6.70. The van der Waals surface area contributed by atoms with Crippen LogP contribution >= 0.6 is 0 Å². The number of carbonyl (C=O) groups excluding carboxylic acids is 1. The smallest absolute Gasteiger partial charge is 0.310 e. The topological polar surface area (TPSA) is 41.6 Å². The fourth-order valence-electron chi connectivity index (χ4n) is 2.72. The van der Waals surface area contributed by atoms with E-state index in [-0.39, 0.29) is 17.4 Å². The lowest BCUT2D eigenvalue weighted by Gasteiger charge is -2.41. The molecule has 0 amide bonds. The highest BCUT2D eigenvalue weighted by atomic mass is 16.5. The summed E-state index contributed by atoms with van der Waals surface area (Å²) in [5.41, 5.74) is 0.266. The number of hydrogen-bond acceptors (Lipinski definition) is 4. The fourth-order valence-corrected chi connectivity index (χ4v) is 2.72. The van der Waals surface area contributed by atoms with E-state index in [1.165, 1.54) is 0 Å². The lowest BCUT2D eigenvalue weighted by Crippen LogP contribution is -2.50. The van der Waals surface area contributed by atoms with Crippen LogP contribution in [0.4, 0.5) is 0 Å².